The Bertz CT molecular complexity index is 1210. The van der Waals surface area contributed by atoms with Crippen LogP contribution in [0.1, 0.15) is 34.6 Å². The van der Waals surface area contributed by atoms with Gasteiger partial charge in [0.15, 0.2) is 5.69 Å². The molecule has 1 aliphatic heterocycles. The van der Waals surface area contributed by atoms with Gasteiger partial charge in [-0.3, -0.25) is 9.69 Å². The van der Waals surface area contributed by atoms with Gasteiger partial charge in [-0.05, 0) is 37.4 Å². The summed E-state index contributed by atoms with van der Waals surface area (Å²) < 4.78 is 74.0. The normalized spacial score (nSPS) is 15.0. The first kappa shape index (κ1) is 27.6. The largest absolute Gasteiger partial charge is 0.474 e. The fourth-order valence-corrected chi connectivity index (χ4v) is 4.66. The summed E-state index contributed by atoms with van der Waals surface area (Å²) in [5.41, 5.74) is -0.133. The van der Waals surface area contributed by atoms with Crippen LogP contribution in [0.5, 0.6) is 5.88 Å². The van der Waals surface area contributed by atoms with Crippen molar-refractivity contribution in [3.8, 4) is 5.88 Å². The third-order valence-electron chi connectivity index (χ3n) is 5.90. The van der Waals surface area contributed by atoms with Gasteiger partial charge < -0.3 is 15.4 Å². The molecule has 4 heterocycles. The number of amides is 1. The van der Waals surface area contributed by atoms with Gasteiger partial charge in [0.2, 0.25) is 5.88 Å². The average molecular weight is 558 g/mol. The highest BCUT2D eigenvalue weighted by molar-refractivity contribution is 7.10. The Morgan fingerprint density at radius 2 is 1.87 bits per heavy atom. The molecule has 15 heteroatoms. The Hall–Kier alpha value is -3.46. The zero-order valence-corrected chi connectivity index (χ0v) is 21.0. The molecule has 3 aromatic rings. The lowest BCUT2D eigenvalue weighted by atomic mass is 10.1. The van der Waals surface area contributed by atoms with Gasteiger partial charge in [0.05, 0.1) is 41.6 Å². The van der Waals surface area contributed by atoms with Crippen molar-refractivity contribution in [1.82, 2.24) is 24.2 Å². The third kappa shape index (κ3) is 6.69. The average Bonchev–Trinajstić information content (AvgIpc) is 3.26. The second-order valence-electron chi connectivity index (χ2n) is 8.54. The standard InChI is InChI=1S/C23H24F5N7O2S/c1-13-20(22(38-34-13)33-18-12-29-17(11-30-18)23(26,27)28)21(36)32-14-2-3-19(31-10-14)37-16-4-6-35(7-5-16)15(8-24)9-25/h2-3,10-12,15-16H,4-9H2,1H3,(H,30,33)(H,32,36). The molecule has 1 aliphatic rings. The second kappa shape index (κ2) is 11.9. The Morgan fingerprint density at radius 3 is 2.45 bits per heavy atom. The monoisotopic (exact) mass is 557 g/mol. The number of piperidine rings is 1. The summed E-state index contributed by atoms with van der Waals surface area (Å²) in [5.74, 6) is -0.128. The maximum absolute atomic E-state index is 12.9. The maximum atomic E-state index is 12.9. The number of nitrogens with one attached hydrogen (secondary N) is 2. The van der Waals surface area contributed by atoms with E-state index in [1.165, 1.54) is 6.20 Å². The van der Waals surface area contributed by atoms with Crippen LogP contribution in [0.4, 0.5) is 38.5 Å². The van der Waals surface area contributed by atoms with Crippen LogP contribution in [-0.2, 0) is 6.18 Å². The number of ether oxygens (including phenoxy) is 1. The van der Waals surface area contributed by atoms with Crippen molar-refractivity contribution in [3.63, 3.8) is 0 Å². The molecule has 0 bridgehead atoms. The van der Waals surface area contributed by atoms with Gasteiger partial charge in [-0.25, -0.2) is 23.7 Å². The number of alkyl halides is 5. The lowest BCUT2D eigenvalue weighted by molar-refractivity contribution is -0.141. The van der Waals surface area contributed by atoms with Crippen molar-refractivity contribution in [2.75, 3.05) is 37.1 Å². The van der Waals surface area contributed by atoms with E-state index in [0.717, 1.165) is 17.7 Å². The molecule has 204 valence electrons. The van der Waals surface area contributed by atoms with Gasteiger partial charge in [0.1, 0.15) is 30.3 Å². The SMILES string of the molecule is Cc1nsc(Nc2cnc(C(F)(F)F)cn2)c1C(=O)Nc1ccc(OC2CCN(C(CF)CF)CC2)nc1. The minimum atomic E-state index is -4.61. The molecule has 38 heavy (non-hydrogen) atoms. The number of halogens is 5. The summed E-state index contributed by atoms with van der Waals surface area (Å²) >= 11 is 0.954. The van der Waals surface area contributed by atoms with E-state index in [4.69, 9.17) is 4.74 Å². The van der Waals surface area contributed by atoms with Gasteiger partial charge in [-0.1, -0.05) is 0 Å². The van der Waals surface area contributed by atoms with Gasteiger partial charge in [-0.15, -0.1) is 0 Å². The quantitative estimate of drug-likeness (QED) is 0.362. The number of anilines is 3. The van der Waals surface area contributed by atoms with E-state index >= 15 is 0 Å². The van der Waals surface area contributed by atoms with E-state index in [9.17, 15) is 26.7 Å². The first-order chi connectivity index (χ1) is 18.2. The molecule has 3 aromatic heterocycles. The van der Waals surface area contributed by atoms with Crippen LogP contribution < -0.4 is 15.4 Å². The molecule has 0 saturated carbocycles. The lowest BCUT2D eigenvalue weighted by Crippen LogP contribution is -2.46. The first-order valence-electron chi connectivity index (χ1n) is 11.6. The fraction of sp³-hybridized carbons (Fsp3) is 0.435. The highest BCUT2D eigenvalue weighted by Gasteiger charge is 2.33. The maximum Gasteiger partial charge on any atom is 0.434 e. The van der Waals surface area contributed by atoms with Crippen molar-refractivity contribution in [2.24, 2.45) is 0 Å². The fourth-order valence-electron chi connectivity index (χ4n) is 3.86. The molecule has 0 spiro atoms. The predicted molar refractivity (Wildman–Crippen MR) is 130 cm³/mol. The molecule has 0 radical (unpaired) electrons. The minimum absolute atomic E-state index is 0.0228. The van der Waals surface area contributed by atoms with Gasteiger partial charge >= 0.3 is 6.18 Å². The molecule has 1 fully saturated rings. The van der Waals surface area contributed by atoms with Crippen LogP contribution in [-0.4, -0.2) is 68.7 Å². The van der Waals surface area contributed by atoms with Crippen LogP contribution in [0.3, 0.4) is 0 Å². The highest BCUT2D eigenvalue weighted by atomic mass is 32.1. The predicted octanol–water partition coefficient (Wildman–Crippen LogP) is 4.80. The minimum Gasteiger partial charge on any atom is -0.474 e. The summed E-state index contributed by atoms with van der Waals surface area (Å²) in [7, 11) is 0. The molecule has 2 N–H and O–H groups in total. The summed E-state index contributed by atoms with van der Waals surface area (Å²) in [5, 5.41) is 5.78. The Balaban J connectivity index is 1.34. The number of pyridine rings is 1. The number of aryl methyl sites for hydroxylation is 1. The molecule has 0 aromatic carbocycles. The van der Waals surface area contributed by atoms with E-state index in [0.29, 0.717) is 49.4 Å². The van der Waals surface area contributed by atoms with Crippen LogP contribution in [0.25, 0.3) is 0 Å². The molecule has 0 unspecified atom stereocenters. The Labute approximate surface area is 218 Å². The summed E-state index contributed by atoms with van der Waals surface area (Å²) in [4.78, 5) is 26.0. The Morgan fingerprint density at radius 1 is 1.13 bits per heavy atom. The lowest BCUT2D eigenvalue weighted by Gasteiger charge is -2.35. The number of hydrogen-bond acceptors (Lipinski definition) is 9. The first-order valence-corrected chi connectivity index (χ1v) is 12.4. The number of carbonyl (C=O) groups is 1. The van der Waals surface area contributed by atoms with Crippen LogP contribution >= 0.6 is 11.5 Å². The number of hydrogen-bond donors (Lipinski definition) is 2. The van der Waals surface area contributed by atoms with E-state index in [-0.39, 0.29) is 22.5 Å². The van der Waals surface area contributed by atoms with Crippen molar-refractivity contribution in [3.05, 3.63) is 47.7 Å². The summed E-state index contributed by atoms with van der Waals surface area (Å²) in [6, 6.07) is 2.50. The van der Waals surface area contributed by atoms with Gasteiger partial charge in [-0.2, -0.15) is 17.5 Å². The number of likely N-dealkylation sites (tertiary alicyclic amines) is 1. The Kier molecular flexibility index (Phi) is 8.66. The molecule has 0 atom stereocenters. The van der Waals surface area contributed by atoms with Crippen molar-refractivity contribution >= 4 is 33.9 Å². The number of nitrogens with zero attached hydrogens (tertiary/aromatic N) is 5. The van der Waals surface area contributed by atoms with Crippen molar-refractivity contribution in [1.29, 1.82) is 0 Å². The van der Waals surface area contributed by atoms with Crippen molar-refractivity contribution < 1.29 is 31.5 Å². The van der Waals surface area contributed by atoms with Crippen LogP contribution in [0, 0.1) is 6.92 Å². The summed E-state index contributed by atoms with van der Waals surface area (Å²) in [6.45, 7) is 1.23. The molecule has 9 nitrogen and oxygen atoms in total. The number of carbonyl (C=O) groups excluding carboxylic acids is 1. The zero-order valence-electron chi connectivity index (χ0n) is 20.1. The van der Waals surface area contributed by atoms with E-state index in [1.54, 1.807) is 24.0 Å². The highest BCUT2D eigenvalue weighted by Crippen LogP contribution is 2.30. The third-order valence-corrected chi connectivity index (χ3v) is 6.76. The van der Waals surface area contributed by atoms with Crippen molar-refractivity contribution in [2.45, 2.75) is 38.1 Å². The number of aromatic nitrogens is 4. The number of rotatable bonds is 9. The second-order valence-corrected chi connectivity index (χ2v) is 9.31. The van der Waals surface area contributed by atoms with E-state index in [1.807, 2.05) is 0 Å². The smallest absolute Gasteiger partial charge is 0.434 e. The van der Waals surface area contributed by atoms with Crippen LogP contribution in [0.15, 0.2) is 30.7 Å². The van der Waals surface area contributed by atoms with E-state index < -0.39 is 37.2 Å². The molecule has 4 rings (SSSR count). The van der Waals surface area contributed by atoms with Crippen LogP contribution in [0.2, 0.25) is 0 Å². The topological polar surface area (TPSA) is 105 Å². The molecule has 1 saturated heterocycles. The molecule has 1 amide bonds. The molecule has 0 aliphatic carbocycles. The molecular weight excluding hydrogens is 533 g/mol. The van der Waals surface area contributed by atoms with Gasteiger partial charge in [0, 0.05) is 19.2 Å². The zero-order chi connectivity index (χ0) is 27.3. The van der Waals surface area contributed by atoms with Gasteiger partial charge in [0.25, 0.3) is 5.91 Å². The molecular formula is C23H24F5N7O2S. The van der Waals surface area contributed by atoms with E-state index in [2.05, 4.69) is 30.0 Å². The summed E-state index contributed by atoms with van der Waals surface area (Å²) in [6.07, 6.45) is -0.583.